The molecule has 11 heteroatoms. The lowest BCUT2D eigenvalue weighted by atomic mass is 10.1. The van der Waals surface area contributed by atoms with Gasteiger partial charge in [-0.05, 0) is 38.5 Å². The van der Waals surface area contributed by atoms with E-state index in [1.54, 1.807) is 13.8 Å². The molecule has 2 heterocycles. The van der Waals surface area contributed by atoms with Crippen molar-refractivity contribution >= 4 is 61.2 Å². The number of hydrogen-bond acceptors (Lipinski definition) is 7. The Kier molecular flexibility index (Phi) is 7.03. The minimum absolute atomic E-state index is 0.0535. The van der Waals surface area contributed by atoms with Gasteiger partial charge < -0.3 is 10.1 Å². The molecule has 1 amide bonds. The van der Waals surface area contributed by atoms with Crippen molar-refractivity contribution < 1.29 is 22.7 Å². The molecule has 0 fully saturated rings. The van der Waals surface area contributed by atoms with Crippen molar-refractivity contribution in [1.82, 2.24) is 4.31 Å². The summed E-state index contributed by atoms with van der Waals surface area (Å²) in [6.45, 7) is 5.10. The largest absolute Gasteiger partial charge is 0.462 e. The van der Waals surface area contributed by atoms with Crippen LogP contribution in [0.3, 0.4) is 0 Å². The van der Waals surface area contributed by atoms with Gasteiger partial charge in [-0.1, -0.05) is 11.6 Å². The quantitative estimate of drug-likeness (QED) is 0.651. The number of thiophene rings is 2. The molecule has 0 atom stereocenters. The summed E-state index contributed by atoms with van der Waals surface area (Å²) in [5, 5.41) is 2.97. The zero-order valence-electron chi connectivity index (χ0n) is 15.2. The molecule has 1 N–H and O–H groups in total. The van der Waals surface area contributed by atoms with Crippen molar-refractivity contribution in [3.05, 3.63) is 32.5 Å². The smallest absolute Gasteiger partial charge is 0.341 e. The van der Waals surface area contributed by atoms with Crippen LogP contribution in [0.4, 0.5) is 5.00 Å². The Labute approximate surface area is 170 Å². The monoisotopic (exact) mass is 450 g/mol. The van der Waals surface area contributed by atoms with Crippen molar-refractivity contribution in [3.8, 4) is 0 Å². The van der Waals surface area contributed by atoms with Gasteiger partial charge in [-0.25, -0.2) is 13.2 Å². The maximum Gasteiger partial charge on any atom is 0.341 e. The molecule has 2 aromatic heterocycles. The third-order valence-corrected chi connectivity index (χ3v) is 8.32. The Morgan fingerprint density at radius 1 is 1.26 bits per heavy atom. The van der Waals surface area contributed by atoms with Crippen LogP contribution in [-0.2, 0) is 19.6 Å². The van der Waals surface area contributed by atoms with Crippen molar-refractivity contribution in [2.45, 2.75) is 25.0 Å². The summed E-state index contributed by atoms with van der Waals surface area (Å²) in [6, 6.07) is 2.87. The zero-order chi connectivity index (χ0) is 20.4. The highest BCUT2D eigenvalue weighted by atomic mass is 35.5. The second-order valence-electron chi connectivity index (χ2n) is 5.58. The molecule has 2 aromatic rings. The maximum absolute atomic E-state index is 12.5. The first kappa shape index (κ1) is 21.8. The number of ether oxygens (including phenoxy) is 1. The van der Waals surface area contributed by atoms with E-state index in [4.69, 9.17) is 16.3 Å². The fourth-order valence-electron chi connectivity index (χ4n) is 2.21. The molecule has 0 radical (unpaired) electrons. The zero-order valence-corrected chi connectivity index (χ0v) is 18.4. The van der Waals surface area contributed by atoms with Crippen molar-refractivity contribution in [2.75, 3.05) is 25.5 Å². The van der Waals surface area contributed by atoms with Crippen LogP contribution < -0.4 is 5.32 Å². The molecule has 7 nitrogen and oxygen atoms in total. The number of rotatable bonds is 7. The number of likely N-dealkylation sites (N-methyl/N-ethyl adjacent to an activating group) is 1. The molecule has 0 bridgehead atoms. The summed E-state index contributed by atoms with van der Waals surface area (Å²) in [5.74, 6) is -1.08. The Morgan fingerprint density at radius 3 is 2.48 bits per heavy atom. The summed E-state index contributed by atoms with van der Waals surface area (Å²) in [4.78, 5) is 25.4. The highest BCUT2D eigenvalue weighted by molar-refractivity contribution is 7.91. The lowest BCUT2D eigenvalue weighted by Gasteiger charge is -2.15. The van der Waals surface area contributed by atoms with Gasteiger partial charge in [0.05, 0.1) is 23.1 Å². The van der Waals surface area contributed by atoms with Crippen LogP contribution in [0.2, 0.25) is 4.34 Å². The van der Waals surface area contributed by atoms with E-state index in [2.05, 4.69) is 5.32 Å². The third kappa shape index (κ3) is 4.88. The topological polar surface area (TPSA) is 92.8 Å². The van der Waals surface area contributed by atoms with Crippen molar-refractivity contribution in [3.63, 3.8) is 0 Å². The first-order chi connectivity index (χ1) is 12.6. The molecule has 0 spiro atoms. The molecule has 0 unspecified atom stereocenters. The lowest BCUT2D eigenvalue weighted by molar-refractivity contribution is -0.116. The Balaban J connectivity index is 2.16. The summed E-state index contributed by atoms with van der Waals surface area (Å²) < 4.78 is 31.3. The van der Waals surface area contributed by atoms with Crippen molar-refractivity contribution in [2.24, 2.45) is 0 Å². The summed E-state index contributed by atoms with van der Waals surface area (Å²) >= 11 is 7.95. The molecule has 0 aliphatic heterocycles. The first-order valence-electron chi connectivity index (χ1n) is 7.86. The molecule has 0 aromatic carbocycles. The minimum Gasteiger partial charge on any atom is -0.462 e. The van der Waals surface area contributed by atoms with Gasteiger partial charge in [-0.2, -0.15) is 4.31 Å². The normalized spacial score (nSPS) is 11.6. The second-order valence-corrected chi connectivity index (χ2v) is 10.8. The van der Waals surface area contributed by atoms with E-state index in [1.165, 1.54) is 30.5 Å². The molecule has 0 saturated heterocycles. The fourth-order valence-corrected chi connectivity index (χ4v) is 6.09. The summed E-state index contributed by atoms with van der Waals surface area (Å²) in [7, 11) is -2.52. The van der Waals surface area contributed by atoms with Gasteiger partial charge in [-0.3, -0.25) is 4.79 Å². The molecular formula is C16H19ClN2O5S3. The maximum atomic E-state index is 12.5. The van der Waals surface area contributed by atoms with Crippen LogP contribution in [0.15, 0.2) is 16.3 Å². The molecule has 0 aliphatic rings. The van der Waals surface area contributed by atoms with Crippen LogP contribution in [0, 0.1) is 13.8 Å². The number of halogens is 1. The molecular weight excluding hydrogens is 432 g/mol. The number of nitrogens with one attached hydrogen (secondary N) is 1. The number of anilines is 1. The number of carbonyl (C=O) groups excluding carboxylic acids is 2. The molecule has 2 rings (SSSR count). The van der Waals surface area contributed by atoms with Crippen LogP contribution in [-0.4, -0.2) is 44.8 Å². The van der Waals surface area contributed by atoms with Gasteiger partial charge >= 0.3 is 5.97 Å². The van der Waals surface area contributed by atoms with Gasteiger partial charge in [0.15, 0.2) is 0 Å². The van der Waals surface area contributed by atoms with Gasteiger partial charge in [0.25, 0.3) is 10.0 Å². The van der Waals surface area contributed by atoms with Crippen molar-refractivity contribution in [1.29, 1.82) is 0 Å². The van der Waals surface area contributed by atoms with Crippen LogP contribution in [0.5, 0.6) is 0 Å². The highest BCUT2D eigenvalue weighted by Gasteiger charge is 2.26. The number of aryl methyl sites for hydroxylation is 1. The standard InChI is InChI=1S/C16H19ClN2O5S3/c1-5-24-16(21)14-9(2)10(3)25-15(14)18-12(20)8-19(4)27(22,23)13-7-6-11(17)26-13/h6-7H,5,8H2,1-4H3,(H,18,20). The van der Waals surface area contributed by atoms with E-state index >= 15 is 0 Å². The van der Waals surface area contributed by atoms with Crippen LogP contribution >= 0.6 is 34.3 Å². The predicted octanol–water partition coefficient (Wildman–Crippen LogP) is 3.52. The average Bonchev–Trinajstić information content (AvgIpc) is 3.12. The number of sulfonamides is 1. The number of hydrogen-bond donors (Lipinski definition) is 1. The van der Waals surface area contributed by atoms with Gasteiger partial charge in [0, 0.05) is 11.9 Å². The number of esters is 1. The Hall–Kier alpha value is -1.46. The minimum atomic E-state index is -3.83. The first-order valence-corrected chi connectivity index (χ1v) is 11.3. The van der Waals surface area contributed by atoms with E-state index in [0.29, 0.717) is 14.9 Å². The molecule has 27 heavy (non-hydrogen) atoms. The van der Waals surface area contributed by atoms with Crippen LogP contribution in [0.1, 0.15) is 27.7 Å². The average molecular weight is 451 g/mol. The van der Waals surface area contributed by atoms with E-state index < -0.39 is 28.4 Å². The molecule has 0 aliphatic carbocycles. The predicted molar refractivity (Wildman–Crippen MR) is 108 cm³/mol. The molecule has 148 valence electrons. The lowest BCUT2D eigenvalue weighted by Crippen LogP contribution is -2.34. The summed E-state index contributed by atoms with van der Waals surface area (Å²) in [5.41, 5.74) is 1.02. The van der Waals surface area contributed by atoms with Gasteiger partial charge in [0.1, 0.15) is 9.21 Å². The highest BCUT2D eigenvalue weighted by Crippen LogP contribution is 2.33. The number of nitrogens with zero attached hydrogens (tertiary/aromatic N) is 1. The van der Waals surface area contributed by atoms with E-state index in [9.17, 15) is 18.0 Å². The van der Waals surface area contributed by atoms with E-state index in [1.807, 2.05) is 6.92 Å². The Bertz CT molecular complexity index is 965. The summed E-state index contributed by atoms with van der Waals surface area (Å²) in [6.07, 6.45) is 0. The van der Waals surface area contributed by atoms with Crippen LogP contribution in [0.25, 0.3) is 0 Å². The Morgan fingerprint density at radius 2 is 1.93 bits per heavy atom. The number of carbonyl (C=O) groups is 2. The SMILES string of the molecule is CCOC(=O)c1c(NC(=O)CN(C)S(=O)(=O)c2ccc(Cl)s2)sc(C)c1C. The molecule has 0 saturated carbocycles. The number of amides is 1. The van der Waals surface area contributed by atoms with Gasteiger partial charge in [0.2, 0.25) is 5.91 Å². The second kappa shape index (κ2) is 8.70. The van der Waals surface area contributed by atoms with E-state index in [0.717, 1.165) is 26.1 Å². The van der Waals surface area contributed by atoms with E-state index in [-0.39, 0.29) is 10.8 Å². The van der Waals surface area contributed by atoms with Gasteiger partial charge in [-0.15, -0.1) is 22.7 Å². The fraction of sp³-hybridized carbons (Fsp3) is 0.375. The third-order valence-electron chi connectivity index (χ3n) is 3.70.